The van der Waals surface area contributed by atoms with Gasteiger partial charge in [-0.25, -0.2) is 0 Å². The molecule has 0 radical (unpaired) electrons. The number of aryl methyl sites for hydroxylation is 3. The Morgan fingerprint density at radius 3 is 1.51 bits per heavy atom. The van der Waals surface area contributed by atoms with E-state index in [0.29, 0.717) is 17.4 Å². The molecule has 0 bridgehead atoms. The van der Waals surface area contributed by atoms with E-state index >= 15 is 0 Å². The standard InChI is InChI=1S/C39H64O2/c1-10-11-12-13-14-15-16-17-18-19-20-22-31(33-28-35(39(7,8)9)37(41)26-30(33)3)23-21-24-32-27-34(38(4,5)6)36(40)25-29(32)2/h25-28,31,40-41H,10-24H2,1-9H3. The summed E-state index contributed by atoms with van der Waals surface area (Å²) in [4.78, 5) is 0. The fourth-order valence-corrected chi connectivity index (χ4v) is 6.41. The van der Waals surface area contributed by atoms with Crippen LogP contribution in [0.5, 0.6) is 11.5 Å². The quantitative estimate of drug-likeness (QED) is 0.188. The van der Waals surface area contributed by atoms with Gasteiger partial charge < -0.3 is 10.2 Å². The molecule has 0 saturated heterocycles. The van der Waals surface area contributed by atoms with E-state index in [1.54, 1.807) is 0 Å². The van der Waals surface area contributed by atoms with Gasteiger partial charge in [0.15, 0.2) is 0 Å². The fraction of sp³-hybridized carbons (Fsp3) is 0.692. The van der Waals surface area contributed by atoms with Crippen molar-refractivity contribution in [3.8, 4) is 11.5 Å². The Hall–Kier alpha value is -1.96. The lowest BCUT2D eigenvalue weighted by molar-refractivity contribution is 0.442. The molecule has 0 aliphatic carbocycles. The molecule has 0 amide bonds. The summed E-state index contributed by atoms with van der Waals surface area (Å²) in [6.07, 6.45) is 19.6. The number of aromatic hydroxyl groups is 2. The van der Waals surface area contributed by atoms with Gasteiger partial charge in [-0.1, -0.05) is 131 Å². The molecule has 2 aromatic carbocycles. The van der Waals surface area contributed by atoms with Crippen LogP contribution < -0.4 is 0 Å². The molecule has 0 fully saturated rings. The summed E-state index contributed by atoms with van der Waals surface area (Å²) in [5, 5.41) is 21.3. The molecule has 41 heavy (non-hydrogen) atoms. The third kappa shape index (κ3) is 11.7. The number of phenolic OH excluding ortho intramolecular Hbond substituents is 2. The van der Waals surface area contributed by atoms with E-state index in [-0.39, 0.29) is 10.8 Å². The number of benzene rings is 2. The predicted octanol–water partition coefficient (Wildman–Crippen LogP) is 12.1. The normalized spacial score (nSPS) is 13.1. The van der Waals surface area contributed by atoms with Crippen LogP contribution in [0.3, 0.4) is 0 Å². The number of hydrogen-bond donors (Lipinski definition) is 2. The van der Waals surface area contributed by atoms with Gasteiger partial charge in [-0.2, -0.15) is 0 Å². The average Bonchev–Trinajstić information content (AvgIpc) is 2.86. The van der Waals surface area contributed by atoms with Crippen LogP contribution in [0.1, 0.15) is 178 Å². The fourth-order valence-electron chi connectivity index (χ4n) is 6.41. The van der Waals surface area contributed by atoms with Gasteiger partial charge in [0.2, 0.25) is 0 Å². The average molecular weight is 565 g/mol. The van der Waals surface area contributed by atoms with Crippen LogP contribution in [0.2, 0.25) is 0 Å². The van der Waals surface area contributed by atoms with Crippen LogP contribution in [0.15, 0.2) is 24.3 Å². The van der Waals surface area contributed by atoms with Gasteiger partial charge >= 0.3 is 0 Å². The van der Waals surface area contributed by atoms with E-state index in [1.165, 1.54) is 99.3 Å². The highest BCUT2D eigenvalue weighted by atomic mass is 16.3. The van der Waals surface area contributed by atoms with E-state index < -0.39 is 0 Å². The molecule has 232 valence electrons. The zero-order valence-electron chi connectivity index (χ0n) is 28.4. The number of phenols is 2. The highest BCUT2D eigenvalue weighted by molar-refractivity contribution is 5.47. The Labute approximate surface area is 254 Å². The summed E-state index contributed by atoms with van der Waals surface area (Å²) in [6, 6.07) is 8.52. The molecule has 0 aromatic heterocycles. The Morgan fingerprint density at radius 1 is 0.561 bits per heavy atom. The van der Waals surface area contributed by atoms with Crippen molar-refractivity contribution in [2.24, 2.45) is 0 Å². The van der Waals surface area contributed by atoms with Gasteiger partial charge in [0.1, 0.15) is 11.5 Å². The summed E-state index contributed by atoms with van der Waals surface area (Å²) < 4.78 is 0. The van der Waals surface area contributed by atoms with E-state index in [4.69, 9.17) is 0 Å². The third-order valence-electron chi connectivity index (χ3n) is 9.05. The zero-order chi connectivity index (χ0) is 30.6. The molecule has 0 aliphatic rings. The lowest BCUT2D eigenvalue weighted by Gasteiger charge is -2.26. The Morgan fingerprint density at radius 2 is 1.00 bits per heavy atom. The number of hydrogen-bond acceptors (Lipinski definition) is 2. The van der Waals surface area contributed by atoms with Crippen molar-refractivity contribution in [2.75, 3.05) is 0 Å². The molecule has 0 heterocycles. The second kappa shape index (κ2) is 16.6. The molecule has 2 heteroatoms. The summed E-state index contributed by atoms with van der Waals surface area (Å²) in [5.74, 6) is 1.36. The minimum Gasteiger partial charge on any atom is -0.508 e. The summed E-state index contributed by atoms with van der Waals surface area (Å²) in [5.41, 5.74) is 7.15. The van der Waals surface area contributed by atoms with Crippen LogP contribution in [0, 0.1) is 13.8 Å². The second-order valence-corrected chi connectivity index (χ2v) is 14.9. The zero-order valence-corrected chi connectivity index (χ0v) is 28.4. The first-order valence-electron chi connectivity index (χ1n) is 16.9. The Kier molecular flexibility index (Phi) is 14.3. The minimum atomic E-state index is -0.0832. The predicted molar refractivity (Wildman–Crippen MR) is 180 cm³/mol. The Balaban J connectivity index is 2.06. The molecule has 1 unspecified atom stereocenters. The monoisotopic (exact) mass is 564 g/mol. The topological polar surface area (TPSA) is 40.5 Å². The highest BCUT2D eigenvalue weighted by Crippen LogP contribution is 2.39. The molecule has 2 aromatic rings. The van der Waals surface area contributed by atoms with Gasteiger partial charge in [0, 0.05) is 0 Å². The second-order valence-electron chi connectivity index (χ2n) is 14.9. The maximum Gasteiger partial charge on any atom is 0.119 e. The summed E-state index contributed by atoms with van der Waals surface area (Å²) >= 11 is 0. The number of rotatable bonds is 17. The molecule has 1 atom stereocenters. The van der Waals surface area contributed by atoms with Crippen LogP contribution in [-0.2, 0) is 17.3 Å². The van der Waals surface area contributed by atoms with Crippen molar-refractivity contribution < 1.29 is 10.2 Å². The molecule has 0 spiro atoms. The van der Waals surface area contributed by atoms with Gasteiger partial charge in [-0.15, -0.1) is 0 Å². The maximum absolute atomic E-state index is 10.8. The van der Waals surface area contributed by atoms with Crippen LogP contribution in [-0.4, -0.2) is 10.2 Å². The molecule has 0 saturated carbocycles. The van der Waals surface area contributed by atoms with Gasteiger partial charge in [0.05, 0.1) is 0 Å². The van der Waals surface area contributed by atoms with Crippen molar-refractivity contribution in [3.63, 3.8) is 0 Å². The van der Waals surface area contributed by atoms with Gasteiger partial charge in [0.25, 0.3) is 0 Å². The lowest BCUT2D eigenvalue weighted by Crippen LogP contribution is -2.14. The summed E-state index contributed by atoms with van der Waals surface area (Å²) in [7, 11) is 0. The first-order chi connectivity index (χ1) is 19.3. The van der Waals surface area contributed by atoms with E-state index in [0.717, 1.165) is 30.4 Å². The van der Waals surface area contributed by atoms with Crippen molar-refractivity contribution in [2.45, 2.75) is 175 Å². The first-order valence-corrected chi connectivity index (χ1v) is 16.9. The SMILES string of the molecule is CCCCCCCCCCCCCC(CCCc1cc(C(C)(C)C)c(O)cc1C)c1cc(C(C)(C)C)c(O)cc1C. The lowest BCUT2D eigenvalue weighted by atomic mass is 9.79. The molecular formula is C39H64O2. The number of unbranched alkanes of at least 4 members (excludes halogenated alkanes) is 10. The summed E-state index contributed by atoms with van der Waals surface area (Å²) in [6.45, 7) is 19.7. The minimum absolute atomic E-state index is 0.0728. The molecular weight excluding hydrogens is 500 g/mol. The molecule has 2 nitrogen and oxygen atoms in total. The van der Waals surface area contributed by atoms with Gasteiger partial charge in [-0.05, 0) is 102 Å². The molecule has 2 N–H and O–H groups in total. The first kappa shape index (κ1) is 35.2. The molecule has 2 rings (SSSR count). The smallest absolute Gasteiger partial charge is 0.119 e. The van der Waals surface area contributed by atoms with Crippen LogP contribution in [0.25, 0.3) is 0 Å². The van der Waals surface area contributed by atoms with Crippen molar-refractivity contribution in [1.29, 1.82) is 0 Å². The van der Waals surface area contributed by atoms with Crippen LogP contribution in [0.4, 0.5) is 0 Å². The van der Waals surface area contributed by atoms with E-state index in [9.17, 15) is 10.2 Å². The van der Waals surface area contributed by atoms with Gasteiger partial charge in [-0.3, -0.25) is 0 Å². The third-order valence-corrected chi connectivity index (χ3v) is 9.05. The molecule has 0 aliphatic heterocycles. The van der Waals surface area contributed by atoms with Crippen molar-refractivity contribution in [3.05, 3.63) is 57.6 Å². The maximum atomic E-state index is 10.8. The van der Waals surface area contributed by atoms with Crippen LogP contribution >= 0.6 is 0 Å². The van der Waals surface area contributed by atoms with E-state index in [1.807, 2.05) is 12.1 Å². The largest absolute Gasteiger partial charge is 0.508 e. The van der Waals surface area contributed by atoms with Crippen molar-refractivity contribution in [1.82, 2.24) is 0 Å². The van der Waals surface area contributed by atoms with E-state index in [2.05, 4.69) is 74.4 Å². The Bertz CT molecular complexity index is 1050. The van der Waals surface area contributed by atoms with Crippen molar-refractivity contribution >= 4 is 0 Å². The highest BCUT2D eigenvalue weighted by Gasteiger charge is 2.23.